The summed E-state index contributed by atoms with van der Waals surface area (Å²) in [6, 6.07) is 12.0. The number of sulfonamides is 1. The Morgan fingerprint density at radius 2 is 1.90 bits per heavy atom. The van der Waals surface area contributed by atoms with Crippen LogP contribution in [-0.2, 0) is 14.8 Å². The fraction of sp³-hybridized carbons (Fsp3) is 0.211. The van der Waals surface area contributed by atoms with E-state index in [1.54, 1.807) is 0 Å². The second kappa shape index (κ2) is 9.96. The Bertz CT molecular complexity index is 1200. The molecule has 1 heterocycles. The predicted molar refractivity (Wildman–Crippen MR) is 126 cm³/mol. The molecular formula is C19H20ClN5O3S3. The van der Waals surface area contributed by atoms with Crippen molar-refractivity contribution in [2.45, 2.75) is 16.2 Å². The molecule has 0 saturated heterocycles. The summed E-state index contributed by atoms with van der Waals surface area (Å²) in [5, 5.41) is 14.9. The minimum absolute atomic E-state index is 0.0425. The highest BCUT2D eigenvalue weighted by Crippen LogP contribution is 2.30. The van der Waals surface area contributed by atoms with Crippen molar-refractivity contribution in [3.8, 4) is 0 Å². The standard InChI is InChI=1S/C19H20ClN5O3S3/c1-12-6-4-5-7-15(12)22-18-23-24-19(30-18)29-11-17(26)21-16-10-13(8-9-14(16)20)31(27,28)25(2)3/h4-10H,11H2,1-3H3,(H,21,26)(H,22,23). The molecule has 2 N–H and O–H groups in total. The predicted octanol–water partition coefficient (Wildman–Crippen LogP) is 4.22. The van der Waals surface area contributed by atoms with E-state index in [2.05, 4.69) is 20.8 Å². The number of nitrogens with one attached hydrogen (secondary N) is 2. The highest BCUT2D eigenvalue weighted by atomic mass is 35.5. The molecule has 0 spiro atoms. The Kier molecular flexibility index (Phi) is 7.55. The maximum absolute atomic E-state index is 12.4. The third-order valence-corrected chi connectivity index (χ3v) is 8.22. The monoisotopic (exact) mass is 497 g/mol. The van der Waals surface area contributed by atoms with Crippen LogP contribution in [0.1, 0.15) is 5.56 Å². The molecule has 164 valence electrons. The lowest BCUT2D eigenvalue weighted by atomic mass is 10.2. The van der Waals surface area contributed by atoms with Gasteiger partial charge in [-0.25, -0.2) is 12.7 Å². The number of carbonyl (C=O) groups is 1. The average molecular weight is 498 g/mol. The molecular weight excluding hydrogens is 478 g/mol. The fourth-order valence-corrected chi connectivity index (χ4v) is 5.09. The molecule has 3 aromatic rings. The number of aromatic nitrogens is 2. The summed E-state index contributed by atoms with van der Waals surface area (Å²) in [4.78, 5) is 12.4. The Hall–Kier alpha value is -2.18. The molecule has 0 saturated carbocycles. The summed E-state index contributed by atoms with van der Waals surface area (Å²) in [6.07, 6.45) is 0. The van der Waals surface area contributed by atoms with Crippen molar-refractivity contribution in [1.82, 2.24) is 14.5 Å². The fourth-order valence-electron chi connectivity index (χ4n) is 2.43. The third-order valence-electron chi connectivity index (χ3n) is 4.11. The highest BCUT2D eigenvalue weighted by Gasteiger charge is 2.19. The first-order chi connectivity index (χ1) is 14.7. The quantitative estimate of drug-likeness (QED) is 0.449. The Morgan fingerprint density at radius 1 is 1.16 bits per heavy atom. The van der Waals surface area contributed by atoms with Crippen molar-refractivity contribution < 1.29 is 13.2 Å². The number of amides is 1. The number of aryl methyl sites for hydroxylation is 1. The summed E-state index contributed by atoms with van der Waals surface area (Å²) < 4.78 is 26.3. The third kappa shape index (κ3) is 5.95. The SMILES string of the molecule is Cc1ccccc1Nc1nnc(SCC(=O)Nc2cc(S(=O)(=O)N(C)C)ccc2Cl)s1. The molecule has 1 amide bonds. The van der Waals surface area contributed by atoms with Gasteiger partial charge in [-0.05, 0) is 36.8 Å². The van der Waals surface area contributed by atoms with E-state index in [9.17, 15) is 13.2 Å². The van der Waals surface area contributed by atoms with Gasteiger partial charge < -0.3 is 10.6 Å². The van der Waals surface area contributed by atoms with Crippen molar-refractivity contribution in [2.75, 3.05) is 30.5 Å². The van der Waals surface area contributed by atoms with Crippen LogP contribution in [0.4, 0.5) is 16.5 Å². The minimum atomic E-state index is -3.64. The van der Waals surface area contributed by atoms with E-state index in [0.717, 1.165) is 15.6 Å². The molecule has 0 bridgehead atoms. The number of para-hydroxylation sites is 1. The Balaban J connectivity index is 1.61. The van der Waals surface area contributed by atoms with Crippen LogP contribution < -0.4 is 10.6 Å². The van der Waals surface area contributed by atoms with Crippen molar-refractivity contribution in [3.63, 3.8) is 0 Å². The van der Waals surface area contributed by atoms with Crippen LogP contribution in [0.25, 0.3) is 0 Å². The number of halogens is 1. The molecule has 0 aliphatic carbocycles. The van der Waals surface area contributed by atoms with Gasteiger partial charge in [0.05, 0.1) is 21.4 Å². The second-order valence-electron chi connectivity index (χ2n) is 6.58. The van der Waals surface area contributed by atoms with E-state index in [4.69, 9.17) is 11.6 Å². The lowest BCUT2D eigenvalue weighted by molar-refractivity contribution is -0.113. The van der Waals surface area contributed by atoms with Crippen molar-refractivity contribution >= 4 is 67.1 Å². The largest absolute Gasteiger partial charge is 0.330 e. The maximum Gasteiger partial charge on any atom is 0.242 e. The van der Waals surface area contributed by atoms with E-state index in [-0.39, 0.29) is 27.3 Å². The molecule has 0 aliphatic rings. The van der Waals surface area contributed by atoms with Gasteiger partial charge in [0.2, 0.25) is 21.1 Å². The van der Waals surface area contributed by atoms with Crippen LogP contribution in [0.5, 0.6) is 0 Å². The molecule has 31 heavy (non-hydrogen) atoms. The number of carbonyl (C=O) groups excluding carboxylic acids is 1. The van der Waals surface area contributed by atoms with Gasteiger partial charge >= 0.3 is 0 Å². The lowest BCUT2D eigenvalue weighted by Crippen LogP contribution is -2.22. The molecule has 3 rings (SSSR count). The number of hydrogen-bond acceptors (Lipinski definition) is 8. The van der Waals surface area contributed by atoms with Gasteiger partial charge in [-0.3, -0.25) is 4.79 Å². The summed E-state index contributed by atoms with van der Waals surface area (Å²) >= 11 is 8.68. The minimum Gasteiger partial charge on any atom is -0.330 e. The van der Waals surface area contributed by atoms with Crippen molar-refractivity contribution in [2.24, 2.45) is 0 Å². The van der Waals surface area contributed by atoms with Gasteiger partial charge in [-0.1, -0.05) is 52.9 Å². The number of nitrogens with zero attached hydrogens (tertiary/aromatic N) is 3. The van der Waals surface area contributed by atoms with Crippen molar-refractivity contribution in [1.29, 1.82) is 0 Å². The lowest BCUT2D eigenvalue weighted by Gasteiger charge is -2.13. The number of thioether (sulfide) groups is 1. The van der Waals surface area contributed by atoms with E-state index in [0.29, 0.717) is 9.47 Å². The average Bonchev–Trinajstić information content (AvgIpc) is 3.17. The first kappa shape index (κ1) is 23.5. The van der Waals surface area contributed by atoms with Gasteiger partial charge in [-0.2, -0.15) is 0 Å². The molecule has 0 fully saturated rings. The van der Waals surface area contributed by atoms with Crippen LogP contribution in [-0.4, -0.2) is 48.7 Å². The highest BCUT2D eigenvalue weighted by molar-refractivity contribution is 8.01. The van der Waals surface area contributed by atoms with E-state index in [1.807, 2.05) is 31.2 Å². The number of benzene rings is 2. The van der Waals surface area contributed by atoms with Gasteiger partial charge in [0.1, 0.15) is 0 Å². The van der Waals surface area contributed by atoms with Crippen LogP contribution >= 0.6 is 34.7 Å². The smallest absolute Gasteiger partial charge is 0.242 e. The normalized spacial score (nSPS) is 11.5. The molecule has 0 unspecified atom stereocenters. The topological polar surface area (TPSA) is 104 Å². The number of anilines is 3. The van der Waals surface area contributed by atoms with Crippen LogP contribution in [0.15, 0.2) is 51.7 Å². The summed E-state index contributed by atoms with van der Waals surface area (Å²) in [5.74, 6) is -0.269. The zero-order valence-electron chi connectivity index (χ0n) is 16.9. The molecule has 2 aromatic carbocycles. The number of hydrogen-bond donors (Lipinski definition) is 2. The number of rotatable bonds is 8. The van der Waals surface area contributed by atoms with Gasteiger partial charge in [0.15, 0.2) is 4.34 Å². The van der Waals surface area contributed by atoms with Gasteiger partial charge in [0.25, 0.3) is 0 Å². The van der Waals surface area contributed by atoms with Crippen LogP contribution in [0.3, 0.4) is 0 Å². The molecule has 0 radical (unpaired) electrons. The zero-order chi connectivity index (χ0) is 22.6. The van der Waals surface area contributed by atoms with Gasteiger partial charge in [0, 0.05) is 19.8 Å². The van der Waals surface area contributed by atoms with Gasteiger partial charge in [-0.15, -0.1) is 10.2 Å². The zero-order valence-corrected chi connectivity index (χ0v) is 20.1. The molecule has 8 nitrogen and oxygen atoms in total. The molecule has 12 heteroatoms. The van der Waals surface area contributed by atoms with E-state index >= 15 is 0 Å². The molecule has 1 aromatic heterocycles. The summed E-state index contributed by atoms with van der Waals surface area (Å²) in [6.45, 7) is 1.99. The first-order valence-electron chi connectivity index (χ1n) is 8.97. The molecule has 0 atom stereocenters. The summed E-state index contributed by atoms with van der Waals surface area (Å²) in [5.41, 5.74) is 2.26. The molecule has 0 aliphatic heterocycles. The van der Waals surface area contributed by atoms with E-state index < -0.39 is 10.0 Å². The Morgan fingerprint density at radius 3 is 2.61 bits per heavy atom. The summed E-state index contributed by atoms with van der Waals surface area (Å²) in [7, 11) is -0.772. The van der Waals surface area contributed by atoms with Crippen LogP contribution in [0.2, 0.25) is 5.02 Å². The van der Waals surface area contributed by atoms with Crippen LogP contribution in [0, 0.1) is 6.92 Å². The van der Waals surface area contributed by atoms with Crippen molar-refractivity contribution in [3.05, 3.63) is 53.1 Å². The first-order valence-corrected chi connectivity index (χ1v) is 12.6. The second-order valence-corrected chi connectivity index (χ2v) is 11.3. The maximum atomic E-state index is 12.4. The van der Waals surface area contributed by atoms with E-state index in [1.165, 1.54) is 55.4 Å². The Labute approximate surface area is 194 Å².